The van der Waals surface area contributed by atoms with Crippen LogP contribution in [0.15, 0.2) is 132 Å². The molecule has 2 heterocycles. The predicted molar refractivity (Wildman–Crippen MR) is 193 cm³/mol. The zero-order chi connectivity index (χ0) is 32.2. The lowest BCUT2D eigenvalue weighted by molar-refractivity contribution is 0.629. The first-order valence-corrected chi connectivity index (χ1v) is 16.3. The molecule has 0 radical (unpaired) electrons. The van der Waals surface area contributed by atoms with Gasteiger partial charge >= 0.3 is 0 Å². The standard InChI is InChI=1S/C43H35FN2O/c1-26(2)36-23-31(30-19-17-29(18-20-30)28-11-6-5-7-12-28)24-37(27(3)4)41(36)46-39-25-32(44)21-22-38(39)45-43(46)35-15-10-14-34-33-13-8-9-16-40(33)47-42(34)35/h5-27H,1-4H3. The molecule has 0 aliphatic carbocycles. The molecule has 0 N–H and O–H groups in total. The summed E-state index contributed by atoms with van der Waals surface area (Å²) in [5.41, 5.74) is 12.1. The summed E-state index contributed by atoms with van der Waals surface area (Å²) in [7, 11) is 0. The summed E-state index contributed by atoms with van der Waals surface area (Å²) in [5.74, 6) is 0.817. The Bertz CT molecular complexity index is 2380. The Labute approximate surface area is 273 Å². The van der Waals surface area contributed by atoms with Crippen molar-refractivity contribution in [2.75, 3.05) is 0 Å². The fourth-order valence-electron chi connectivity index (χ4n) is 6.85. The summed E-state index contributed by atoms with van der Waals surface area (Å²) in [6, 6.07) is 43.1. The zero-order valence-corrected chi connectivity index (χ0v) is 27.0. The molecule has 8 rings (SSSR count). The SMILES string of the molecule is CC(C)c1cc(-c2ccc(-c3ccccc3)cc2)cc(C(C)C)c1-n1c(-c2cccc3c2oc2ccccc23)nc2ccc(F)cc21. The third-order valence-electron chi connectivity index (χ3n) is 9.22. The lowest BCUT2D eigenvalue weighted by Crippen LogP contribution is -2.09. The molecule has 4 heteroatoms. The van der Waals surface area contributed by atoms with Crippen LogP contribution in [0.3, 0.4) is 0 Å². The average molecular weight is 615 g/mol. The van der Waals surface area contributed by atoms with Gasteiger partial charge in [0.1, 0.15) is 22.8 Å². The molecule has 0 fully saturated rings. The van der Waals surface area contributed by atoms with Crippen molar-refractivity contribution in [1.29, 1.82) is 0 Å². The van der Waals surface area contributed by atoms with Gasteiger partial charge in [0.25, 0.3) is 0 Å². The second kappa shape index (κ2) is 11.4. The third kappa shape index (κ3) is 4.92. The van der Waals surface area contributed by atoms with Gasteiger partial charge in [0.15, 0.2) is 0 Å². The Kier molecular flexibility index (Phi) is 7.02. The van der Waals surface area contributed by atoms with Crippen LogP contribution in [0.25, 0.3) is 72.3 Å². The summed E-state index contributed by atoms with van der Waals surface area (Å²) >= 11 is 0. The van der Waals surface area contributed by atoms with E-state index in [-0.39, 0.29) is 17.7 Å². The average Bonchev–Trinajstić information content (AvgIpc) is 3.66. The Morgan fingerprint density at radius 2 is 1.21 bits per heavy atom. The summed E-state index contributed by atoms with van der Waals surface area (Å²) in [6.45, 7) is 8.91. The molecule has 0 saturated heterocycles. The minimum Gasteiger partial charge on any atom is -0.455 e. The molecule has 0 spiro atoms. The molecule has 8 aromatic rings. The number of fused-ring (bicyclic) bond motifs is 4. The van der Waals surface area contributed by atoms with Gasteiger partial charge in [0.05, 0.1) is 22.3 Å². The van der Waals surface area contributed by atoms with E-state index in [0.29, 0.717) is 0 Å². The fraction of sp³-hybridized carbons (Fsp3) is 0.140. The van der Waals surface area contributed by atoms with Gasteiger partial charge in [-0.2, -0.15) is 0 Å². The Balaban J connectivity index is 1.39. The molecule has 3 nitrogen and oxygen atoms in total. The number of halogens is 1. The number of rotatable bonds is 6. The highest BCUT2D eigenvalue weighted by Crippen LogP contribution is 2.42. The highest BCUT2D eigenvalue weighted by atomic mass is 19.1. The number of benzene rings is 6. The molecule has 47 heavy (non-hydrogen) atoms. The normalized spacial score (nSPS) is 11.9. The number of aromatic nitrogens is 2. The van der Waals surface area contributed by atoms with E-state index in [2.05, 4.69) is 117 Å². The van der Waals surface area contributed by atoms with Crippen LogP contribution < -0.4 is 0 Å². The maximum absolute atomic E-state index is 15.0. The van der Waals surface area contributed by atoms with Crippen molar-refractivity contribution in [3.8, 4) is 39.3 Å². The summed E-state index contributed by atoms with van der Waals surface area (Å²) < 4.78 is 23.7. The van der Waals surface area contributed by atoms with E-state index < -0.39 is 0 Å². The number of hydrogen-bond donors (Lipinski definition) is 0. The van der Waals surface area contributed by atoms with Gasteiger partial charge in [-0.3, -0.25) is 4.57 Å². The van der Waals surface area contributed by atoms with Gasteiger partial charge in [-0.25, -0.2) is 9.37 Å². The van der Waals surface area contributed by atoms with Crippen molar-refractivity contribution < 1.29 is 8.81 Å². The van der Waals surface area contributed by atoms with E-state index in [9.17, 15) is 0 Å². The molecule has 6 aromatic carbocycles. The molecule has 0 amide bonds. The van der Waals surface area contributed by atoms with Gasteiger partial charge in [-0.15, -0.1) is 0 Å². The third-order valence-corrected chi connectivity index (χ3v) is 9.22. The second-order valence-corrected chi connectivity index (χ2v) is 12.9. The highest BCUT2D eigenvalue weighted by Gasteiger charge is 2.25. The van der Waals surface area contributed by atoms with E-state index in [1.54, 1.807) is 12.1 Å². The van der Waals surface area contributed by atoms with Gasteiger partial charge < -0.3 is 4.42 Å². The Morgan fingerprint density at radius 3 is 1.91 bits per heavy atom. The van der Waals surface area contributed by atoms with E-state index >= 15 is 4.39 Å². The lowest BCUT2D eigenvalue weighted by atomic mass is 9.87. The van der Waals surface area contributed by atoms with Crippen LogP contribution in [-0.2, 0) is 0 Å². The molecule has 2 aromatic heterocycles. The smallest absolute Gasteiger partial charge is 0.149 e. The minimum absolute atomic E-state index is 0.187. The largest absolute Gasteiger partial charge is 0.455 e. The van der Waals surface area contributed by atoms with Crippen molar-refractivity contribution in [1.82, 2.24) is 9.55 Å². The maximum Gasteiger partial charge on any atom is 0.149 e. The monoisotopic (exact) mass is 614 g/mol. The van der Waals surface area contributed by atoms with E-state index in [4.69, 9.17) is 9.40 Å². The van der Waals surface area contributed by atoms with Crippen molar-refractivity contribution in [2.45, 2.75) is 39.5 Å². The van der Waals surface area contributed by atoms with Crippen LogP contribution in [0.5, 0.6) is 0 Å². The number of furan rings is 1. The second-order valence-electron chi connectivity index (χ2n) is 12.9. The first-order chi connectivity index (χ1) is 22.9. The van der Waals surface area contributed by atoms with Gasteiger partial charge in [-0.1, -0.05) is 113 Å². The first-order valence-electron chi connectivity index (χ1n) is 16.3. The number of hydrogen-bond acceptors (Lipinski definition) is 2. The number of para-hydroxylation sites is 2. The molecular weight excluding hydrogens is 579 g/mol. The Morgan fingerprint density at radius 1 is 0.596 bits per heavy atom. The lowest BCUT2D eigenvalue weighted by Gasteiger charge is -2.24. The van der Waals surface area contributed by atoms with Crippen molar-refractivity contribution in [3.63, 3.8) is 0 Å². The van der Waals surface area contributed by atoms with Gasteiger partial charge in [-0.05, 0) is 81.6 Å². The van der Waals surface area contributed by atoms with E-state index in [0.717, 1.165) is 61.2 Å². The summed E-state index contributed by atoms with van der Waals surface area (Å²) in [6.07, 6.45) is 0. The molecule has 0 aliphatic rings. The van der Waals surface area contributed by atoms with Crippen molar-refractivity contribution in [3.05, 3.63) is 144 Å². The predicted octanol–water partition coefficient (Wildman–Crippen LogP) is 12.3. The molecule has 0 aliphatic heterocycles. The van der Waals surface area contributed by atoms with Crippen LogP contribution in [0.2, 0.25) is 0 Å². The molecule has 0 atom stereocenters. The van der Waals surface area contributed by atoms with E-state index in [1.807, 2.05) is 24.3 Å². The van der Waals surface area contributed by atoms with Crippen LogP contribution >= 0.6 is 0 Å². The molecule has 0 unspecified atom stereocenters. The molecule has 0 bridgehead atoms. The zero-order valence-electron chi connectivity index (χ0n) is 27.0. The maximum atomic E-state index is 15.0. The fourth-order valence-corrected chi connectivity index (χ4v) is 6.85. The number of nitrogens with zero attached hydrogens (tertiary/aromatic N) is 2. The van der Waals surface area contributed by atoms with Crippen LogP contribution in [0, 0.1) is 5.82 Å². The first kappa shape index (κ1) is 29.0. The summed E-state index contributed by atoms with van der Waals surface area (Å²) in [4.78, 5) is 5.18. The van der Waals surface area contributed by atoms with Gasteiger partial charge in [0, 0.05) is 16.8 Å². The molecular formula is C43H35FN2O. The highest BCUT2D eigenvalue weighted by molar-refractivity contribution is 6.09. The molecule has 230 valence electrons. The topological polar surface area (TPSA) is 31.0 Å². The number of imidazole rings is 1. The quantitative estimate of drug-likeness (QED) is 0.187. The van der Waals surface area contributed by atoms with E-state index in [1.165, 1.54) is 28.3 Å². The van der Waals surface area contributed by atoms with Gasteiger partial charge in [0.2, 0.25) is 0 Å². The minimum atomic E-state index is -0.292. The van der Waals surface area contributed by atoms with Crippen LogP contribution in [0.1, 0.15) is 50.7 Å². The Hall–Kier alpha value is -5.48. The van der Waals surface area contributed by atoms with Crippen LogP contribution in [-0.4, -0.2) is 9.55 Å². The molecule has 0 saturated carbocycles. The summed E-state index contributed by atoms with van der Waals surface area (Å²) in [5, 5.41) is 2.09. The van der Waals surface area contributed by atoms with Crippen molar-refractivity contribution in [2.24, 2.45) is 0 Å². The van der Waals surface area contributed by atoms with Crippen LogP contribution in [0.4, 0.5) is 4.39 Å². The van der Waals surface area contributed by atoms with Crippen molar-refractivity contribution >= 4 is 33.0 Å².